The average Bonchev–Trinajstić information content (AvgIpc) is 2.75. The van der Waals surface area contributed by atoms with Crippen molar-refractivity contribution in [3.8, 4) is 5.75 Å². The molecule has 0 aromatic heterocycles. The van der Waals surface area contributed by atoms with Crippen molar-refractivity contribution >= 4 is 5.91 Å². The summed E-state index contributed by atoms with van der Waals surface area (Å²) in [5, 5.41) is 0. The predicted molar refractivity (Wildman–Crippen MR) is 118 cm³/mol. The molecule has 5 heteroatoms. The number of nitrogens with zero attached hydrogens (tertiary/aromatic N) is 2. The van der Waals surface area contributed by atoms with E-state index in [1.807, 2.05) is 29.2 Å². The van der Waals surface area contributed by atoms with Gasteiger partial charge >= 0.3 is 0 Å². The molecule has 2 aromatic rings. The van der Waals surface area contributed by atoms with Crippen LogP contribution in [0.1, 0.15) is 44.7 Å². The monoisotopic (exact) mass is 412 g/mol. The molecule has 30 heavy (non-hydrogen) atoms. The third-order valence-corrected chi connectivity index (χ3v) is 5.84. The van der Waals surface area contributed by atoms with Gasteiger partial charge in [0.25, 0.3) is 5.91 Å². The molecule has 0 bridgehead atoms. The van der Waals surface area contributed by atoms with Crippen LogP contribution in [0.15, 0.2) is 48.5 Å². The van der Waals surface area contributed by atoms with E-state index in [0.29, 0.717) is 6.54 Å². The fourth-order valence-corrected chi connectivity index (χ4v) is 3.95. The van der Waals surface area contributed by atoms with Crippen molar-refractivity contribution in [3.05, 3.63) is 65.5 Å². The summed E-state index contributed by atoms with van der Waals surface area (Å²) in [7, 11) is 0. The van der Waals surface area contributed by atoms with Gasteiger partial charge in [-0.05, 0) is 62.1 Å². The summed E-state index contributed by atoms with van der Waals surface area (Å²) in [6.07, 6.45) is 3.44. The first-order chi connectivity index (χ1) is 14.5. The van der Waals surface area contributed by atoms with E-state index in [2.05, 4.69) is 37.8 Å². The van der Waals surface area contributed by atoms with Gasteiger partial charge in [-0.25, -0.2) is 4.39 Å². The Bertz CT molecular complexity index is 807. The van der Waals surface area contributed by atoms with Crippen LogP contribution in [0.3, 0.4) is 0 Å². The van der Waals surface area contributed by atoms with Gasteiger partial charge in [0.1, 0.15) is 11.6 Å². The van der Waals surface area contributed by atoms with Crippen LogP contribution < -0.4 is 4.74 Å². The molecule has 1 amide bonds. The van der Waals surface area contributed by atoms with Crippen LogP contribution in [0.2, 0.25) is 0 Å². The third-order valence-electron chi connectivity index (χ3n) is 5.84. The van der Waals surface area contributed by atoms with E-state index in [0.717, 1.165) is 30.8 Å². The number of hydrogen-bond donors (Lipinski definition) is 0. The van der Waals surface area contributed by atoms with Crippen molar-refractivity contribution < 1.29 is 13.9 Å². The van der Waals surface area contributed by atoms with Crippen LogP contribution in [-0.4, -0.2) is 47.5 Å². The maximum atomic E-state index is 13.1. The quantitative estimate of drug-likeness (QED) is 0.632. The zero-order valence-electron chi connectivity index (χ0n) is 18.3. The van der Waals surface area contributed by atoms with Crippen LogP contribution in [0, 0.1) is 5.82 Å². The number of piperazine rings is 1. The number of amides is 1. The largest absolute Gasteiger partial charge is 0.484 e. The number of rotatable bonds is 8. The average molecular weight is 413 g/mol. The van der Waals surface area contributed by atoms with Crippen LogP contribution in [0.5, 0.6) is 5.75 Å². The van der Waals surface area contributed by atoms with Crippen molar-refractivity contribution in [2.45, 2.75) is 58.7 Å². The molecule has 0 aliphatic carbocycles. The van der Waals surface area contributed by atoms with Crippen LogP contribution >= 0.6 is 0 Å². The normalized spacial score (nSPS) is 19.7. The Hall–Kier alpha value is -2.40. The molecular formula is C25H33FN2O2. The number of aryl methyl sites for hydroxylation is 1. The highest BCUT2D eigenvalue weighted by atomic mass is 19.1. The zero-order chi connectivity index (χ0) is 21.5. The lowest BCUT2D eigenvalue weighted by atomic mass is 10.1. The van der Waals surface area contributed by atoms with Gasteiger partial charge < -0.3 is 9.64 Å². The smallest absolute Gasteiger partial charge is 0.260 e. The number of benzene rings is 2. The Morgan fingerprint density at radius 3 is 2.33 bits per heavy atom. The first-order valence-electron chi connectivity index (χ1n) is 11.0. The summed E-state index contributed by atoms with van der Waals surface area (Å²) >= 11 is 0. The molecule has 1 aliphatic heterocycles. The SMILES string of the molecule is CCCCc1ccc(OCC(=O)N2CC(C)N(Cc3ccc(F)cc3)CC2C)cc1. The predicted octanol–water partition coefficient (Wildman–Crippen LogP) is 4.67. The summed E-state index contributed by atoms with van der Waals surface area (Å²) in [5.41, 5.74) is 2.39. The molecule has 1 aliphatic rings. The number of carbonyl (C=O) groups is 1. The van der Waals surface area contributed by atoms with Crippen molar-refractivity contribution in [2.75, 3.05) is 19.7 Å². The molecule has 1 fully saturated rings. The van der Waals surface area contributed by atoms with Crippen molar-refractivity contribution in [3.63, 3.8) is 0 Å². The Kier molecular flexibility index (Phi) is 7.86. The lowest BCUT2D eigenvalue weighted by Crippen LogP contribution is -2.58. The zero-order valence-corrected chi connectivity index (χ0v) is 18.3. The minimum Gasteiger partial charge on any atom is -0.484 e. The van der Waals surface area contributed by atoms with E-state index in [4.69, 9.17) is 4.74 Å². The second-order valence-electron chi connectivity index (χ2n) is 8.34. The molecule has 0 spiro atoms. The van der Waals surface area contributed by atoms with Gasteiger partial charge in [-0.2, -0.15) is 0 Å². The van der Waals surface area contributed by atoms with Crippen molar-refractivity contribution in [2.24, 2.45) is 0 Å². The van der Waals surface area contributed by atoms with E-state index in [1.165, 1.54) is 30.5 Å². The van der Waals surface area contributed by atoms with E-state index in [1.54, 1.807) is 0 Å². The van der Waals surface area contributed by atoms with Crippen molar-refractivity contribution in [1.82, 2.24) is 9.80 Å². The van der Waals surface area contributed by atoms with Crippen LogP contribution in [0.4, 0.5) is 4.39 Å². The fourth-order valence-electron chi connectivity index (χ4n) is 3.95. The first kappa shape index (κ1) is 22.3. The van der Waals surface area contributed by atoms with Gasteiger partial charge in [0, 0.05) is 31.7 Å². The molecule has 2 atom stereocenters. The highest BCUT2D eigenvalue weighted by molar-refractivity contribution is 5.78. The molecule has 0 N–H and O–H groups in total. The lowest BCUT2D eigenvalue weighted by Gasteiger charge is -2.44. The Balaban J connectivity index is 1.50. The highest BCUT2D eigenvalue weighted by Crippen LogP contribution is 2.19. The van der Waals surface area contributed by atoms with Gasteiger partial charge in [-0.1, -0.05) is 37.6 Å². The molecule has 0 radical (unpaired) electrons. The van der Waals surface area contributed by atoms with E-state index in [9.17, 15) is 9.18 Å². The molecule has 1 saturated heterocycles. The van der Waals surface area contributed by atoms with Gasteiger partial charge in [0.05, 0.1) is 0 Å². The number of hydrogen-bond acceptors (Lipinski definition) is 3. The number of unbranched alkanes of at least 4 members (excludes halogenated alkanes) is 1. The third kappa shape index (κ3) is 6.05. The Morgan fingerprint density at radius 1 is 1.00 bits per heavy atom. The number of halogens is 1. The maximum Gasteiger partial charge on any atom is 0.260 e. The van der Waals surface area contributed by atoms with Gasteiger partial charge in [-0.3, -0.25) is 9.69 Å². The minimum absolute atomic E-state index is 0.0193. The second-order valence-corrected chi connectivity index (χ2v) is 8.34. The summed E-state index contributed by atoms with van der Waals surface area (Å²) in [6, 6.07) is 15.0. The molecule has 0 saturated carbocycles. The lowest BCUT2D eigenvalue weighted by molar-refractivity contribution is -0.139. The Labute approximate surface area is 179 Å². The number of ether oxygens (including phenoxy) is 1. The van der Waals surface area contributed by atoms with Crippen LogP contribution in [-0.2, 0) is 17.8 Å². The molecule has 2 unspecified atom stereocenters. The summed E-state index contributed by atoms with van der Waals surface area (Å²) < 4.78 is 18.9. The molecule has 1 heterocycles. The standard InChI is InChI=1S/C25H33FN2O2/c1-4-5-6-21-9-13-24(14-10-21)30-18-25(29)28-16-19(2)27(15-20(28)3)17-22-7-11-23(26)12-8-22/h7-14,19-20H,4-6,15-18H2,1-3H3. The summed E-state index contributed by atoms with van der Waals surface area (Å²) in [5.74, 6) is 0.538. The van der Waals surface area contributed by atoms with Gasteiger partial charge in [0.15, 0.2) is 6.61 Å². The highest BCUT2D eigenvalue weighted by Gasteiger charge is 2.32. The molecule has 2 aromatic carbocycles. The topological polar surface area (TPSA) is 32.8 Å². The van der Waals surface area contributed by atoms with Gasteiger partial charge in [-0.15, -0.1) is 0 Å². The molecule has 4 nitrogen and oxygen atoms in total. The van der Waals surface area contributed by atoms with Crippen LogP contribution in [0.25, 0.3) is 0 Å². The number of carbonyl (C=O) groups excluding carboxylic acids is 1. The maximum absolute atomic E-state index is 13.1. The first-order valence-corrected chi connectivity index (χ1v) is 11.0. The molecular weight excluding hydrogens is 379 g/mol. The summed E-state index contributed by atoms with van der Waals surface area (Å²) in [4.78, 5) is 17.0. The van der Waals surface area contributed by atoms with E-state index >= 15 is 0 Å². The summed E-state index contributed by atoms with van der Waals surface area (Å²) in [6.45, 7) is 8.66. The second kappa shape index (κ2) is 10.6. The minimum atomic E-state index is -0.216. The van der Waals surface area contributed by atoms with Gasteiger partial charge in [0.2, 0.25) is 0 Å². The van der Waals surface area contributed by atoms with E-state index in [-0.39, 0.29) is 30.4 Å². The fraction of sp³-hybridized carbons (Fsp3) is 0.480. The van der Waals surface area contributed by atoms with Crippen molar-refractivity contribution in [1.29, 1.82) is 0 Å². The van der Waals surface area contributed by atoms with E-state index < -0.39 is 0 Å². The molecule has 3 rings (SSSR count). The Morgan fingerprint density at radius 2 is 1.67 bits per heavy atom. The molecule has 162 valence electrons.